The van der Waals surface area contributed by atoms with E-state index in [4.69, 9.17) is 14.5 Å². The Morgan fingerprint density at radius 1 is 1.17 bits per heavy atom. The summed E-state index contributed by atoms with van der Waals surface area (Å²) in [5.41, 5.74) is 2.64. The maximum atomic E-state index is 5.98. The first-order valence-electron chi connectivity index (χ1n) is 10.5. The van der Waals surface area contributed by atoms with Crippen LogP contribution >= 0.6 is 24.0 Å². The van der Waals surface area contributed by atoms with Gasteiger partial charge in [0.05, 0.1) is 12.6 Å². The van der Waals surface area contributed by atoms with Crippen LogP contribution in [0, 0.1) is 0 Å². The molecule has 1 saturated heterocycles. The summed E-state index contributed by atoms with van der Waals surface area (Å²) in [5.74, 6) is 1.01. The summed E-state index contributed by atoms with van der Waals surface area (Å²) in [6.45, 7) is 8.18. The largest absolute Gasteiger partial charge is 0.385 e. The van der Waals surface area contributed by atoms with Crippen LogP contribution in [0.5, 0.6) is 0 Å². The minimum Gasteiger partial charge on any atom is -0.385 e. The van der Waals surface area contributed by atoms with Gasteiger partial charge in [-0.1, -0.05) is 24.3 Å². The van der Waals surface area contributed by atoms with E-state index in [1.165, 1.54) is 11.1 Å². The number of rotatable bonds is 10. The van der Waals surface area contributed by atoms with E-state index in [9.17, 15) is 0 Å². The number of aliphatic imine (C=N–C) groups is 1. The molecule has 0 bridgehead atoms. The van der Waals surface area contributed by atoms with Gasteiger partial charge in [-0.15, -0.1) is 24.0 Å². The standard InChI is InChI=1S/C22H38N4O2.HI/c1-5-23-22(24-17-19-9-6-7-10-20(19)18-25(2)3)26-13-11-21(12-14-26)28-16-8-15-27-4;/h6-7,9-10,21H,5,8,11-18H2,1-4H3,(H,23,24);1H. The van der Waals surface area contributed by atoms with Crippen molar-refractivity contribution in [1.29, 1.82) is 0 Å². The number of ether oxygens (including phenoxy) is 2. The second-order valence-corrected chi connectivity index (χ2v) is 7.58. The topological polar surface area (TPSA) is 49.3 Å². The molecule has 0 aliphatic carbocycles. The number of hydrogen-bond donors (Lipinski definition) is 1. The van der Waals surface area contributed by atoms with E-state index >= 15 is 0 Å². The van der Waals surface area contributed by atoms with E-state index in [-0.39, 0.29) is 24.0 Å². The maximum absolute atomic E-state index is 5.98. The molecule has 1 aliphatic rings. The van der Waals surface area contributed by atoms with Crippen molar-refractivity contribution in [3.05, 3.63) is 35.4 Å². The fourth-order valence-electron chi connectivity index (χ4n) is 3.48. The summed E-state index contributed by atoms with van der Waals surface area (Å²) < 4.78 is 11.1. The molecule has 0 atom stereocenters. The molecule has 1 heterocycles. The van der Waals surface area contributed by atoms with Crippen molar-refractivity contribution in [2.24, 2.45) is 4.99 Å². The molecule has 166 valence electrons. The lowest BCUT2D eigenvalue weighted by Crippen LogP contribution is -2.47. The van der Waals surface area contributed by atoms with Crippen LogP contribution in [-0.2, 0) is 22.6 Å². The van der Waals surface area contributed by atoms with Crippen LogP contribution in [0.2, 0.25) is 0 Å². The monoisotopic (exact) mass is 518 g/mol. The highest BCUT2D eigenvalue weighted by molar-refractivity contribution is 14.0. The van der Waals surface area contributed by atoms with Crippen molar-refractivity contribution >= 4 is 29.9 Å². The van der Waals surface area contributed by atoms with E-state index in [0.29, 0.717) is 12.6 Å². The number of methoxy groups -OCH3 is 1. The van der Waals surface area contributed by atoms with Crippen LogP contribution < -0.4 is 5.32 Å². The summed E-state index contributed by atoms with van der Waals surface area (Å²) in [4.78, 5) is 9.51. The van der Waals surface area contributed by atoms with Crippen molar-refractivity contribution in [2.75, 3.05) is 54.1 Å². The van der Waals surface area contributed by atoms with E-state index in [1.54, 1.807) is 7.11 Å². The fraction of sp³-hybridized carbons (Fsp3) is 0.682. The van der Waals surface area contributed by atoms with E-state index in [2.05, 4.69) is 60.4 Å². The third-order valence-corrected chi connectivity index (χ3v) is 4.93. The summed E-state index contributed by atoms with van der Waals surface area (Å²) in [5, 5.41) is 3.47. The number of guanidine groups is 1. The fourth-order valence-corrected chi connectivity index (χ4v) is 3.48. The van der Waals surface area contributed by atoms with E-state index in [0.717, 1.165) is 64.6 Å². The minimum absolute atomic E-state index is 0. The molecule has 1 fully saturated rings. The van der Waals surface area contributed by atoms with Crippen molar-refractivity contribution in [1.82, 2.24) is 15.1 Å². The smallest absolute Gasteiger partial charge is 0.194 e. The zero-order chi connectivity index (χ0) is 20.2. The number of piperidine rings is 1. The van der Waals surface area contributed by atoms with Gasteiger partial charge in [0.1, 0.15) is 0 Å². The van der Waals surface area contributed by atoms with Gasteiger partial charge in [-0.2, -0.15) is 0 Å². The third kappa shape index (κ3) is 9.63. The average Bonchev–Trinajstić information content (AvgIpc) is 2.70. The quantitative estimate of drug-likeness (QED) is 0.223. The van der Waals surface area contributed by atoms with Gasteiger partial charge in [0.2, 0.25) is 0 Å². The van der Waals surface area contributed by atoms with Crippen LogP contribution in [0.25, 0.3) is 0 Å². The number of benzene rings is 1. The van der Waals surface area contributed by atoms with Gasteiger partial charge in [-0.25, -0.2) is 4.99 Å². The Bertz CT molecular complexity index is 590. The lowest BCUT2D eigenvalue weighted by molar-refractivity contribution is 0.00990. The van der Waals surface area contributed by atoms with Gasteiger partial charge in [-0.3, -0.25) is 0 Å². The number of hydrogen-bond acceptors (Lipinski definition) is 4. The molecule has 0 spiro atoms. The summed E-state index contributed by atoms with van der Waals surface area (Å²) in [6.07, 6.45) is 3.42. The molecule has 0 aromatic heterocycles. The maximum Gasteiger partial charge on any atom is 0.194 e. The van der Waals surface area contributed by atoms with Crippen LogP contribution in [0.1, 0.15) is 37.3 Å². The molecule has 0 unspecified atom stereocenters. The molecule has 7 heteroatoms. The van der Waals surface area contributed by atoms with Crippen LogP contribution in [-0.4, -0.2) is 75.9 Å². The molecule has 29 heavy (non-hydrogen) atoms. The molecule has 1 aromatic carbocycles. The van der Waals surface area contributed by atoms with Gasteiger partial charge >= 0.3 is 0 Å². The molecule has 6 nitrogen and oxygen atoms in total. The number of halogens is 1. The zero-order valence-corrected chi connectivity index (χ0v) is 20.9. The van der Waals surface area contributed by atoms with Crippen LogP contribution in [0.4, 0.5) is 0 Å². The van der Waals surface area contributed by atoms with Gasteiger partial charge in [-0.05, 0) is 51.4 Å². The Hall–Kier alpha value is -0.900. The van der Waals surface area contributed by atoms with Crippen molar-refractivity contribution in [3.8, 4) is 0 Å². The van der Waals surface area contributed by atoms with Crippen molar-refractivity contribution in [2.45, 2.75) is 45.4 Å². The summed E-state index contributed by atoms with van der Waals surface area (Å²) in [7, 11) is 5.94. The Morgan fingerprint density at radius 3 is 2.48 bits per heavy atom. The molecule has 0 amide bonds. The first-order chi connectivity index (χ1) is 13.6. The highest BCUT2D eigenvalue weighted by Crippen LogP contribution is 2.16. The van der Waals surface area contributed by atoms with Crippen molar-refractivity contribution in [3.63, 3.8) is 0 Å². The molecule has 1 aliphatic heterocycles. The highest BCUT2D eigenvalue weighted by Gasteiger charge is 2.21. The molecular formula is C22H39IN4O2. The lowest BCUT2D eigenvalue weighted by Gasteiger charge is -2.34. The lowest BCUT2D eigenvalue weighted by atomic mass is 10.1. The summed E-state index contributed by atoms with van der Waals surface area (Å²) >= 11 is 0. The SMILES string of the molecule is CCNC(=NCc1ccccc1CN(C)C)N1CCC(OCCCOC)CC1.I. The third-order valence-electron chi connectivity index (χ3n) is 4.93. The number of nitrogens with one attached hydrogen (secondary N) is 1. The van der Waals surface area contributed by atoms with Gasteiger partial charge in [0.15, 0.2) is 5.96 Å². The van der Waals surface area contributed by atoms with Crippen molar-refractivity contribution < 1.29 is 9.47 Å². The van der Waals surface area contributed by atoms with Gasteiger partial charge in [0, 0.05) is 46.5 Å². The Balaban J connectivity index is 0.00000420. The zero-order valence-electron chi connectivity index (χ0n) is 18.5. The first kappa shape index (κ1) is 26.1. The van der Waals surface area contributed by atoms with Crippen LogP contribution in [0.15, 0.2) is 29.3 Å². The number of likely N-dealkylation sites (tertiary alicyclic amines) is 1. The second kappa shape index (κ2) is 15.0. The Kier molecular flexibility index (Phi) is 13.5. The minimum atomic E-state index is 0. The Morgan fingerprint density at radius 2 is 1.86 bits per heavy atom. The second-order valence-electron chi connectivity index (χ2n) is 7.58. The van der Waals surface area contributed by atoms with Crippen LogP contribution in [0.3, 0.4) is 0 Å². The summed E-state index contributed by atoms with van der Waals surface area (Å²) in [6, 6.07) is 8.59. The normalized spacial score (nSPS) is 15.5. The molecule has 0 saturated carbocycles. The molecular weight excluding hydrogens is 479 g/mol. The van der Waals surface area contributed by atoms with E-state index in [1.807, 2.05) is 0 Å². The molecule has 1 aromatic rings. The van der Waals surface area contributed by atoms with Gasteiger partial charge in [0.25, 0.3) is 0 Å². The Labute approximate surface area is 194 Å². The first-order valence-corrected chi connectivity index (χ1v) is 10.5. The molecule has 2 rings (SSSR count). The predicted molar refractivity (Wildman–Crippen MR) is 131 cm³/mol. The van der Waals surface area contributed by atoms with E-state index < -0.39 is 0 Å². The predicted octanol–water partition coefficient (Wildman–Crippen LogP) is 3.35. The molecule has 0 radical (unpaired) electrons. The molecule has 1 N–H and O–H groups in total. The highest BCUT2D eigenvalue weighted by atomic mass is 127. The number of nitrogens with zero attached hydrogens (tertiary/aromatic N) is 3. The average molecular weight is 518 g/mol. The van der Waals surface area contributed by atoms with Gasteiger partial charge < -0.3 is 24.6 Å².